The second kappa shape index (κ2) is 9.50. The minimum atomic E-state index is -4.52. The number of para-hydroxylation sites is 1. The van der Waals surface area contributed by atoms with Crippen molar-refractivity contribution in [1.82, 2.24) is 14.8 Å². The van der Waals surface area contributed by atoms with E-state index in [-0.39, 0.29) is 30.1 Å². The molecule has 1 amide bonds. The molecule has 0 spiro atoms. The molecule has 7 nitrogen and oxygen atoms in total. The number of benzene rings is 2. The van der Waals surface area contributed by atoms with E-state index in [1.807, 2.05) is 31.2 Å². The molecule has 0 radical (unpaired) electrons. The van der Waals surface area contributed by atoms with Crippen LogP contribution in [0.25, 0.3) is 10.9 Å². The molecule has 190 valence electrons. The van der Waals surface area contributed by atoms with Crippen LogP contribution in [-0.4, -0.2) is 64.3 Å². The molecule has 2 aliphatic rings. The van der Waals surface area contributed by atoms with Gasteiger partial charge in [0.2, 0.25) is 0 Å². The summed E-state index contributed by atoms with van der Waals surface area (Å²) < 4.78 is 46.6. The van der Waals surface area contributed by atoms with Crippen molar-refractivity contribution in [2.45, 2.75) is 38.0 Å². The van der Waals surface area contributed by atoms with E-state index in [9.17, 15) is 23.1 Å². The highest BCUT2D eigenvalue weighted by molar-refractivity contribution is 5.93. The summed E-state index contributed by atoms with van der Waals surface area (Å²) in [6.07, 6.45) is -3.94. The van der Waals surface area contributed by atoms with E-state index in [0.29, 0.717) is 31.7 Å². The number of alkyl halides is 3. The SMILES string of the molecule is Cc1cc(Nc2cc(OCCCN3CC4CC3CN4C(=O)O)cc(C(F)(F)F)c2)c2ccccc2n1. The second-order valence-corrected chi connectivity index (χ2v) is 9.37. The van der Waals surface area contributed by atoms with Crippen molar-refractivity contribution in [3.63, 3.8) is 0 Å². The van der Waals surface area contributed by atoms with Crippen LogP contribution in [0.4, 0.5) is 29.3 Å². The summed E-state index contributed by atoms with van der Waals surface area (Å²) in [6, 6.07) is 13.2. The number of aromatic nitrogens is 1. The number of nitrogens with one attached hydrogen (secondary N) is 1. The molecule has 5 rings (SSSR count). The van der Waals surface area contributed by atoms with Gasteiger partial charge in [-0.2, -0.15) is 13.2 Å². The standard InChI is InChI=1S/C26H27F3N4O3/c1-16-9-24(22-5-2-3-6-23(22)30-16)31-18-10-17(26(27,28)29)11-21(12-18)36-8-4-7-32-14-20-13-19(32)15-33(20)25(34)35/h2-3,5-6,9-12,19-20H,4,7-8,13-15H2,1H3,(H,30,31)(H,34,35). The lowest BCUT2D eigenvalue weighted by Crippen LogP contribution is -2.48. The Kier molecular flexibility index (Phi) is 6.38. The Morgan fingerprint density at radius 3 is 2.69 bits per heavy atom. The molecule has 2 saturated heterocycles. The van der Waals surface area contributed by atoms with Crippen LogP contribution in [0.2, 0.25) is 0 Å². The van der Waals surface area contributed by atoms with Gasteiger partial charge in [0, 0.05) is 60.2 Å². The average Bonchev–Trinajstić information content (AvgIpc) is 3.42. The smallest absolute Gasteiger partial charge is 0.416 e. The molecule has 3 heterocycles. The molecule has 2 unspecified atom stereocenters. The third kappa shape index (κ3) is 5.04. The molecule has 2 bridgehead atoms. The number of halogens is 3. The fourth-order valence-electron chi connectivity index (χ4n) is 5.20. The van der Waals surface area contributed by atoms with E-state index in [1.165, 1.54) is 4.90 Å². The van der Waals surface area contributed by atoms with Gasteiger partial charge in [-0.05, 0) is 44.0 Å². The monoisotopic (exact) mass is 500 g/mol. The van der Waals surface area contributed by atoms with E-state index < -0.39 is 17.8 Å². The van der Waals surface area contributed by atoms with Gasteiger partial charge in [-0.15, -0.1) is 0 Å². The van der Waals surface area contributed by atoms with E-state index in [1.54, 1.807) is 12.1 Å². The van der Waals surface area contributed by atoms with Crippen molar-refractivity contribution in [1.29, 1.82) is 0 Å². The number of ether oxygens (including phenoxy) is 1. The number of hydrogen-bond donors (Lipinski definition) is 2. The number of amides is 1. The van der Waals surface area contributed by atoms with Crippen molar-refractivity contribution in [2.24, 2.45) is 0 Å². The number of hydrogen-bond acceptors (Lipinski definition) is 5. The maximum atomic E-state index is 13.6. The van der Waals surface area contributed by atoms with Crippen LogP contribution in [0.15, 0.2) is 48.5 Å². The van der Waals surface area contributed by atoms with E-state index in [0.717, 1.165) is 35.2 Å². The van der Waals surface area contributed by atoms with Crippen LogP contribution in [0.5, 0.6) is 5.75 Å². The molecule has 2 N–H and O–H groups in total. The van der Waals surface area contributed by atoms with Crippen molar-refractivity contribution in [3.8, 4) is 5.75 Å². The van der Waals surface area contributed by atoms with Gasteiger partial charge in [-0.1, -0.05) is 18.2 Å². The summed E-state index contributed by atoms with van der Waals surface area (Å²) in [6.45, 7) is 4.00. The maximum absolute atomic E-state index is 13.6. The van der Waals surface area contributed by atoms with Crippen molar-refractivity contribution >= 4 is 28.4 Å². The Balaban J connectivity index is 1.26. The van der Waals surface area contributed by atoms with E-state index in [2.05, 4.69) is 15.2 Å². The number of fused-ring (bicyclic) bond motifs is 3. The molecule has 3 aromatic rings. The summed E-state index contributed by atoms with van der Waals surface area (Å²) in [7, 11) is 0. The minimum absolute atomic E-state index is 0.0263. The fourth-order valence-corrected chi connectivity index (χ4v) is 5.20. The first-order valence-electron chi connectivity index (χ1n) is 11.9. The number of anilines is 2. The van der Waals surface area contributed by atoms with Crippen LogP contribution < -0.4 is 10.1 Å². The third-order valence-electron chi connectivity index (χ3n) is 6.82. The summed E-state index contributed by atoms with van der Waals surface area (Å²) >= 11 is 0. The maximum Gasteiger partial charge on any atom is 0.416 e. The Hall–Kier alpha value is -3.53. The minimum Gasteiger partial charge on any atom is -0.493 e. The number of carbonyl (C=O) groups is 1. The van der Waals surface area contributed by atoms with Gasteiger partial charge < -0.3 is 20.1 Å². The number of piperazine rings is 1. The van der Waals surface area contributed by atoms with Gasteiger partial charge in [0.15, 0.2) is 0 Å². The van der Waals surface area contributed by atoms with Crippen molar-refractivity contribution < 1.29 is 27.8 Å². The molecule has 2 atom stereocenters. The van der Waals surface area contributed by atoms with E-state index in [4.69, 9.17) is 4.74 Å². The molecule has 36 heavy (non-hydrogen) atoms. The lowest BCUT2D eigenvalue weighted by molar-refractivity contribution is -0.137. The van der Waals surface area contributed by atoms with Crippen LogP contribution in [0, 0.1) is 6.92 Å². The zero-order valence-electron chi connectivity index (χ0n) is 19.8. The Morgan fingerprint density at radius 2 is 1.97 bits per heavy atom. The molecule has 2 aromatic carbocycles. The molecule has 1 aromatic heterocycles. The number of rotatable bonds is 7. The van der Waals surface area contributed by atoms with Gasteiger partial charge >= 0.3 is 12.3 Å². The quantitative estimate of drug-likeness (QED) is 0.417. The van der Waals surface area contributed by atoms with Gasteiger partial charge in [0.1, 0.15) is 5.75 Å². The highest BCUT2D eigenvalue weighted by atomic mass is 19.4. The summed E-state index contributed by atoms with van der Waals surface area (Å²) in [5.41, 5.74) is 1.67. The zero-order chi connectivity index (χ0) is 25.4. The molecule has 2 fully saturated rings. The molecule has 2 aliphatic heterocycles. The summed E-state index contributed by atoms with van der Waals surface area (Å²) in [5, 5.41) is 13.2. The Morgan fingerprint density at radius 1 is 1.17 bits per heavy atom. The molecular weight excluding hydrogens is 473 g/mol. The normalized spacial score (nSPS) is 19.7. The second-order valence-electron chi connectivity index (χ2n) is 9.37. The first-order valence-corrected chi connectivity index (χ1v) is 11.9. The number of aryl methyl sites for hydroxylation is 1. The van der Waals surface area contributed by atoms with Crippen LogP contribution in [0.1, 0.15) is 24.1 Å². The van der Waals surface area contributed by atoms with Crippen LogP contribution >= 0.6 is 0 Å². The van der Waals surface area contributed by atoms with Crippen molar-refractivity contribution in [2.75, 3.05) is 31.6 Å². The zero-order valence-corrected chi connectivity index (χ0v) is 19.8. The first kappa shape index (κ1) is 24.2. The largest absolute Gasteiger partial charge is 0.493 e. The average molecular weight is 501 g/mol. The van der Waals surface area contributed by atoms with Gasteiger partial charge in [0.05, 0.1) is 17.7 Å². The third-order valence-corrected chi connectivity index (χ3v) is 6.82. The topological polar surface area (TPSA) is 77.9 Å². The fraction of sp³-hybridized carbons (Fsp3) is 0.385. The highest BCUT2D eigenvalue weighted by Crippen LogP contribution is 2.36. The van der Waals surface area contributed by atoms with Crippen LogP contribution in [-0.2, 0) is 6.18 Å². The number of pyridine rings is 1. The van der Waals surface area contributed by atoms with Crippen molar-refractivity contribution in [3.05, 3.63) is 59.8 Å². The number of likely N-dealkylation sites (tertiary alicyclic amines) is 2. The Bertz CT molecular complexity index is 1280. The van der Waals surface area contributed by atoms with Gasteiger partial charge in [-0.3, -0.25) is 9.88 Å². The molecule has 10 heteroatoms. The predicted molar refractivity (Wildman–Crippen MR) is 130 cm³/mol. The highest BCUT2D eigenvalue weighted by Gasteiger charge is 2.44. The Labute approximate surface area is 206 Å². The van der Waals surface area contributed by atoms with Gasteiger partial charge in [-0.25, -0.2) is 4.79 Å². The number of nitrogens with zero attached hydrogens (tertiary/aromatic N) is 3. The molecule has 0 saturated carbocycles. The van der Waals surface area contributed by atoms with E-state index >= 15 is 0 Å². The van der Waals surface area contributed by atoms with Crippen LogP contribution in [0.3, 0.4) is 0 Å². The lowest BCUT2D eigenvalue weighted by atomic mass is 10.1. The van der Waals surface area contributed by atoms with Gasteiger partial charge in [0.25, 0.3) is 0 Å². The lowest BCUT2D eigenvalue weighted by Gasteiger charge is -2.32. The first-order chi connectivity index (χ1) is 17.2. The molecular formula is C26H27F3N4O3. The number of carboxylic acid groups (broad SMARTS) is 1. The summed E-state index contributed by atoms with van der Waals surface area (Å²) in [5.74, 6) is 0.141. The molecule has 0 aliphatic carbocycles. The predicted octanol–water partition coefficient (Wildman–Crippen LogP) is 5.51. The summed E-state index contributed by atoms with van der Waals surface area (Å²) in [4.78, 5) is 19.4.